The molecule has 0 saturated heterocycles. The predicted octanol–water partition coefficient (Wildman–Crippen LogP) is 4.79. The third kappa shape index (κ3) is 8.95. The van der Waals surface area contributed by atoms with Crippen LogP contribution in [-0.4, -0.2) is 58.9 Å². The average molecular weight is 363 g/mol. The van der Waals surface area contributed by atoms with Crippen molar-refractivity contribution in [3.8, 4) is 0 Å². The SMILES string of the molecule is CCCC[N+](CCCC)(CCCC)C[Si](OCC)(OCC)OCC. The fourth-order valence-corrected chi connectivity index (χ4v) is 6.52. The molecule has 0 saturated carbocycles. The summed E-state index contributed by atoms with van der Waals surface area (Å²) in [5, 5.41) is 0. The van der Waals surface area contributed by atoms with Crippen molar-refractivity contribution in [1.29, 1.82) is 0 Å². The van der Waals surface area contributed by atoms with Gasteiger partial charge < -0.3 is 17.8 Å². The Morgan fingerprint density at radius 1 is 0.583 bits per heavy atom. The number of hydrogen-bond acceptors (Lipinski definition) is 3. The Balaban J connectivity index is 5.47. The van der Waals surface area contributed by atoms with Crippen molar-refractivity contribution in [2.45, 2.75) is 80.1 Å². The van der Waals surface area contributed by atoms with Crippen LogP contribution in [0.15, 0.2) is 0 Å². The molecule has 0 aromatic rings. The lowest BCUT2D eigenvalue weighted by Gasteiger charge is -2.43. The summed E-state index contributed by atoms with van der Waals surface area (Å²) in [6.07, 6.45) is 8.45. The van der Waals surface area contributed by atoms with Gasteiger partial charge in [0.05, 0.1) is 19.6 Å². The van der Waals surface area contributed by atoms with Crippen molar-refractivity contribution in [3.05, 3.63) is 0 Å². The molecule has 0 fully saturated rings. The predicted molar refractivity (Wildman–Crippen MR) is 105 cm³/mol. The van der Waals surface area contributed by atoms with Crippen LogP contribution in [0.3, 0.4) is 0 Å². The van der Waals surface area contributed by atoms with Crippen LogP contribution in [0, 0.1) is 0 Å². The minimum Gasteiger partial charge on any atom is -0.370 e. The van der Waals surface area contributed by atoms with Crippen LogP contribution in [0.2, 0.25) is 0 Å². The van der Waals surface area contributed by atoms with E-state index in [2.05, 4.69) is 41.5 Å². The molecular formula is C19H44NO3Si+. The largest absolute Gasteiger partial charge is 0.559 e. The number of quaternary nitrogens is 1. The van der Waals surface area contributed by atoms with E-state index in [-0.39, 0.29) is 0 Å². The third-order valence-electron chi connectivity index (χ3n) is 4.58. The molecule has 0 aromatic carbocycles. The van der Waals surface area contributed by atoms with Gasteiger partial charge >= 0.3 is 8.80 Å². The second kappa shape index (κ2) is 14.2. The Hall–Kier alpha value is 0.0569. The second-order valence-corrected chi connectivity index (χ2v) is 9.26. The highest BCUT2D eigenvalue weighted by molar-refractivity contribution is 6.60. The standard InChI is InChI=1S/C19H44NO3Si/c1-7-13-16-20(17-14-8-2,18-15-9-3)19-24(21-10-4,22-11-5)23-12-6/h7-19H2,1-6H3/q+1. The highest BCUT2D eigenvalue weighted by Gasteiger charge is 2.49. The zero-order valence-corrected chi connectivity index (χ0v) is 18.4. The summed E-state index contributed by atoms with van der Waals surface area (Å²) in [6, 6.07) is 0. The Kier molecular flexibility index (Phi) is 14.3. The van der Waals surface area contributed by atoms with Gasteiger partial charge in [-0.3, -0.25) is 0 Å². The first-order valence-corrected chi connectivity index (χ1v) is 12.3. The van der Waals surface area contributed by atoms with Gasteiger partial charge in [-0.1, -0.05) is 40.0 Å². The lowest BCUT2D eigenvalue weighted by Crippen LogP contribution is -2.64. The number of hydrogen-bond donors (Lipinski definition) is 0. The molecule has 0 heterocycles. The van der Waals surface area contributed by atoms with Gasteiger partial charge in [0, 0.05) is 19.8 Å². The highest BCUT2D eigenvalue weighted by atomic mass is 28.4. The van der Waals surface area contributed by atoms with E-state index in [0.717, 1.165) is 10.7 Å². The van der Waals surface area contributed by atoms with E-state index in [1.54, 1.807) is 0 Å². The van der Waals surface area contributed by atoms with Crippen molar-refractivity contribution < 1.29 is 17.8 Å². The molecule has 0 aromatic heterocycles. The minimum atomic E-state index is -2.61. The number of nitrogens with zero attached hydrogens (tertiary/aromatic N) is 1. The molecule has 24 heavy (non-hydrogen) atoms. The normalized spacial score (nSPS) is 12.8. The summed E-state index contributed by atoms with van der Waals surface area (Å²) in [5.41, 5.74) is 0. The summed E-state index contributed by atoms with van der Waals surface area (Å²) in [6.45, 7) is 18.7. The molecule has 0 amide bonds. The van der Waals surface area contributed by atoms with Gasteiger partial charge in [0.2, 0.25) is 0 Å². The molecule has 0 bridgehead atoms. The van der Waals surface area contributed by atoms with Crippen molar-refractivity contribution >= 4 is 8.80 Å². The summed E-state index contributed by atoms with van der Waals surface area (Å²) < 4.78 is 19.7. The van der Waals surface area contributed by atoms with E-state index in [4.69, 9.17) is 13.3 Å². The Labute approximate surface area is 152 Å². The molecule has 0 atom stereocenters. The summed E-state index contributed by atoms with van der Waals surface area (Å²) in [4.78, 5) is 0. The second-order valence-electron chi connectivity index (χ2n) is 6.71. The maximum Gasteiger partial charge on any atom is 0.559 e. The minimum absolute atomic E-state index is 0.668. The van der Waals surface area contributed by atoms with Crippen LogP contribution >= 0.6 is 0 Å². The number of rotatable bonds is 17. The number of unbranched alkanes of at least 4 members (excludes halogenated alkanes) is 3. The van der Waals surface area contributed by atoms with Gasteiger partial charge in [0.15, 0.2) is 0 Å². The van der Waals surface area contributed by atoms with Gasteiger partial charge in [-0.25, -0.2) is 0 Å². The van der Waals surface area contributed by atoms with Crippen molar-refractivity contribution in [2.75, 3.05) is 45.6 Å². The monoisotopic (exact) mass is 362 g/mol. The summed E-state index contributed by atoms with van der Waals surface area (Å²) >= 11 is 0. The van der Waals surface area contributed by atoms with Crippen LogP contribution < -0.4 is 0 Å². The fraction of sp³-hybridized carbons (Fsp3) is 1.00. The van der Waals surface area contributed by atoms with Crippen LogP contribution in [0.4, 0.5) is 0 Å². The molecule has 5 heteroatoms. The molecule has 0 aliphatic heterocycles. The highest BCUT2D eigenvalue weighted by Crippen LogP contribution is 2.22. The first kappa shape index (κ1) is 24.1. The fourth-order valence-electron chi connectivity index (χ4n) is 3.39. The Bertz CT molecular complexity index is 251. The maximum atomic E-state index is 6.18. The van der Waals surface area contributed by atoms with E-state index < -0.39 is 8.80 Å². The molecule has 0 aliphatic carbocycles. The summed E-state index contributed by atoms with van der Waals surface area (Å²) in [7, 11) is -2.61. The third-order valence-corrected chi connectivity index (χ3v) is 7.82. The first-order valence-electron chi connectivity index (χ1n) is 10.3. The van der Waals surface area contributed by atoms with Gasteiger partial charge in [0.25, 0.3) is 0 Å². The Morgan fingerprint density at radius 2 is 0.917 bits per heavy atom. The molecule has 0 unspecified atom stereocenters. The van der Waals surface area contributed by atoms with E-state index in [9.17, 15) is 0 Å². The lowest BCUT2D eigenvalue weighted by atomic mass is 10.2. The van der Waals surface area contributed by atoms with Crippen LogP contribution in [0.1, 0.15) is 80.1 Å². The van der Waals surface area contributed by atoms with E-state index in [1.807, 2.05) is 0 Å². The van der Waals surface area contributed by atoms with Crippen molar-refractivity contribution in [2.24, 2.45) is 0 Å². The van der Waals surface area contributed by atoms with Crippen molar-refractivity contribution in [1.82, 2.24) is 0 Å². The molecule has 0 N–H and O–H groups in total. The van der Waals surface area contributed by atoms with E-state index >= 15 is 0 Å². The average Bonchev–Trinajstić information content (AvgIpc) is 2.57. The molecular weight excluding hydrogens is 318 g/mol. The van der Waals surface area contributed by atoms with Crippen LogP contribution in [0.5, 0.6) is 0 Å². The molecule has 146 valence electrons. The van der Waals surface area contributed by atoms with E-state index in [1.165, 1.54) is 58.2 Å². The molecule has 0 rings (SSSR count). The molecule has 0 spiro atoms. The van der Waals surface area contributed by atoms with Gasteiger partial charge in [-0.15, -0.1) is 0 Å². The van der Waals surface area contributed by atoms with Gasteiger partial charge in [0.1, 0.15) is 6.17 Å². The van der Waals surface area contributed by atoms with Crippen molar-refractivity contribution in [3.63, 3.8) is 0 Å². The van der Waals surface area contributed by atoms with Gasteiger partial charge in [-0.2, -0.15) is 0 Å². The van der Waals surface area contributed by atoms with Crippen LogP contribution in [0.25, 0.3) is 0 Å². The molecule has 4 nitrogen and oxygen atoms in total. The van der Waals surface area contributed by atoms with Crippen LogP contribution in [-0.2, 0) is 13.3 Å². The quantitative estimate of drug-likeness (QED) is 0.275. The van der Waals surface area contributed by atoms with Gasteiger partial charge in [-0.05, 0) is 40.0 Å². The zero-order chi connectivity index (χ0) is 18.3. The maximum absolute atomic E-state index is 6.18. The zero-order valence-electron chi connectivity index (χ0n) is 17.4. The Morgan fingerprint density at radius 3 is 1.17 bits per heavy atom. The molecule has 0 radical (unpaired) electrons. The van der Waals surface area contributed by atoms with E-state index in [0.29, 0.717) is 19.8 Å². The molecule has 0 aliphatic rings. The smallest absolute Gasteiger partial charge is 0.370 e. The summed E-state index contributed by atoms with van der Waals surface area (Å²) in [5.74, 6) is 0. The topological polar surface area (TPSA) is 27.7 Å². The lowest BCUT2D eigenvalue weighted by molar-refractivity contribution is -0.921. The first-order chi connectivity index (χ1) is 11.6.